The van der Waals surface area contributed by atoms with E-state index in [0.717, 1.165) is 37.2 Å². The van der Waals surface area contributed by atoms with Crippen LogP contribution in [0.1, 0.15) is 49.9 Å². The van der Waals surface area contributed by atoms with Crippen molar-refractivity contribution < 1.29 is 14.7 Å². The lowest BCUT2D eigenvalue weighted by molar-refractivity contribution is 0.0695. The van der Waals surface area contributed by atoms with Gasteiger partial charge in [-0.05, 0) is 50.6 Å². The van der Waals surface area contributed by atoms with Crippen molar-refractivity contribution in [1.29, 1.82) is 0 Å². The summed E-state index contributed by atoms with van der Waals surface area (Å²) in [5.41, 5.74) is 0.356. The third-order valence-corrected chi connectivity index (χ3v) is 8.34. The molecule has 0 unspecified atom stereocenters. The highest BCUT2D eigenvalue weighted by molar-refractivity contribution is 7.16. The Kier molecular flexibility index (Phi) is 7.75. The van der Waals surface area contributed by atoms with E-state index in [2.05, 4.69) is 20.3 Å². The van der Waals surface area contributed by atoms with Gasteiger partial charge in [0.05, 0.1) is 28.8 Å². The first-order valence-corrected chi connectivity index (χ1v) is 14.1. The maximum Gasteiger partial charge on any atom is 0.338 e. The number of aromatic nitrogens is 4. The van der Waals surface area contributed by atoms with Crippen LogP contribution in [0.25, 0.3) is 11.4 Å². The number of anilines is 1. The number of carbonyl (C=O) groups excluding carboxylic acids is 1. The van der Waals surface area contributed by atoms with Crippen molar-refractivity contribution in [2.45, 2.75) is 39.4 Å². The van der Waals surface area contributed by atoms with Gasteiger partial charge < -0.3 is 10.4 Å². The Hall–Kier alpha value is -3.32. The molecule has 5 heterocycles. The molecule has 0 saturated carbocycles. The maximum absolute atomic E-state index is 13.3. The summed E-state index contributed by atoms with van der Waals surface area (Å²) in [6.45, 7) is 3.83. The second-order valence-electron chi connectivity index (χ2n) is 8.97. The molecule has 0 bridgehead atoms. The maximum atomic E-state index is 13.3. The van der Waals surface area contributed by atoms with Crippen molar-refractivity contribution in [1.82, 2.24) is 24.2 Å². The van der Waals surface area contributed by atoms with Gasteiger partial charge in [0.2, 0.25) is 0 Å². The van der Waals surface area contributed by atoms with Crippen molar-refractivity contribution in [3.63, 3.8) is 0 Å². The summed E-state index contributed by atoms with van der Waals surface area (Å²) in [5, 5.41) is 19.8. The zero-order chi connectivity index (χ0) is 26.8. The fourth-order valence-electron chi connectivity index (χ4n) is 4.57. The molecule has 198 valence electrons. The summed E-state index contributed by atoms with van der Waals surface area (Å²) in [6, 6.07) is 6.61. The van der Waals surface area contributed by atoms with Gasteiger partial charge in [-0.1, -0.05) is 18.0 Å². The van der Waals surface area contributed by atoms with E-state index in [9.17, 15) is 19.5 Å². The van der Waals surface area contributed by atoms with Crippen LogP contribution in [0.15, 0.2) is 40.6 Å². The number of hydrogen-bond donors (Lipinski definition) is 2. The highest BCUT2D eigenvalue weighted by Gasteiger charge is 2.27. The smallest absolute Gasteiger partial charge is 0.338 e. The van der Waals surface area contributed by atoms with Crippen LogP contribution in [-0.4, -0.2) is 54.3 Å². The van der Waals surface area contributed by atoms with Gasteiger partial charge in [-0.25, -0.2) is 9.78 Å². The highest BCUT2D eigenvalue weighted by Crippen LogP contribution is 2.29. The molecule has 1 aliphatic rings. The lowest BCUT2D eigenvalue weighted by Gasteiger charge is -2.28. The lowest BCUT2D eigenvalue weighted by atomic mass is 10.0. The van der Waals surface area contributed by atoms with Crippen molar-refractivity contribution in [3.05, 3.63) is 71.5 Å². The van der Waals surface area contributed by atoms with Crippen LogP contribution in [0.4, 0.5) is 5.82 Å². The number of carboxylic acids is 1. The van der Waals surface area contributed by atoms with Gasteiger partial charge in [-0.2, -0.15) is 9.78 Å². The molecule has 10 nitrogen and oxygen atoms in total. The zero-order valence-electron chi connectivity index (χ0n) is 20.5. The molecular formula is C25H25ClN6O4S2. The second kappa shape index (κ2) is 11.2. The molecule has 0 aliphatic carbocycles. The van der Waals surface area contributed by atoms with Gasteiger partial charge in [0.25, 0.3) is 5.56 Å². The van der Waals surface area contributed by atoms with Gasteiger partial charge >= 0.3 is 11.9 Å². The van der Waals surface area contributed by atoms with Crippen LogP contribution in [-0.2, 0) is 13.2 Å². The fourth-order valence-corrected chi connectivity index (χ4v) is 6.15. The molecule has 13 heteroatoms. The Balaban J connectivity index is 1.63. The number of nitrogens with zero attached hydrogens (tertiary/aromatic N) is 5. The van der Waals surface area contributed by atoms with Crippen molar-refractivity contribution >= 4 is 52.0 Å². The predicted molar refractivity (Wildman–Crippen MR) is 148 cm³/mol. The van der Waals surface area contributed by atoms with E-state index in [-0.39, 0.29) is 34.2 Å². The molecule has 4 aromatic heterocycles. The SMILES string of the molecule is Cc1cc(=O)n(CN2CCCCC2)c(-c2cc(NCc3ccc(Cl)s3)n(C(=O)c3nccs3)n2)c1C(=O)O. The summed E-state index contributed by atoms with van der Waals surface area (Å²) < 4.78 is 3.26. The van der Waals surface area contributed by atoms with E-state index in [1.54, 1.807) is 24.4 Å². The first-order valence-electron chi connectivity index (χ1n) is 12.0. The van der Waals surface area contributed by atoms with E-state index in [4.69, 9.17) is 11.6 Å². The van der Waals surface area contributed by atoms with Crippen molar-refractivity contribution in [3.8, 4) is 11.4 Å². The molecule has 0 radical (unpaired) electrons. The fraction of sp³-hybridized carbons (Fsp3) is 0.320. The molecule has 0 aromatic carbocycles. The lowest BCUT2D eigenvalue weighted by Crippen LogP contribution is -2.37. The number of thiazole rings is 1. The minimum Gasteiger partial charge on any atom is -0.478 e. The number of piperidine rings is 1. The first-order chi connectivity index (χ1) is 18.3. The Labute approximate surface area is 231 Å². The van der Waals surface area contributed by atoms with Crippen LogP contribution in [0.2, 0.25) is 4.34 Å². The van der Waals surface area contributed by atoms with Gasteiger partial charge in [0.15, 0.2) is 5.01 Å². The molecule has 1 fully saturated rings. The number of aromatic carboxylic acids is 1. The van der Waals surface area contributed by atoms with Crippen LogP contribution in [0, 0.1) is 6.92 Å². The quantitative estimate of drug-likeness (QED) is 0.313. The summed E-state index contributed by atoms with van der Waals surface area (Å²) in [5.74, 6) is -1.29. The van der Waals surface area contributed by atoms with Gasteiger partial charge in [-0.3, -0.25) is 19.1 Å². The monoisotopic (exact) mass is 572 g/mol. The number of carboxylic acid groups (broad SMARTS) is 1. The molecule has 38 heavy (non-hydrogen) atoms. The van der Waals surface area contributed by atoms with Crippen LogP contribution in [0.3, 0.4) is 0 Å². The standard InChI is InChI=1S/C25H25ClN6O4S2/c1-15-11-20(33)31(14-30-8-3-2-4-9-30)22(21(15)25(35)36)17-12-19(28-13-16-5-6-18(26)38-16)32(29-17)24(34)23-27-7-10-37-23/h5-7,10-12,28H,2-4,8-9,13-14H2,1H3,(H,35,36). The number of hydrogen-bond acceptors (Lipinski definition) is 9. The molecule has 2 N–H and O–H groups in total. The second-order valence-corrected chi connectivity index (χ2v) is 11.7. The molecule has 4 aromatic rings. The van der Waals surface area contributed by atoms with Crippen molar-refractivity contribution in [2.75, 3.05) is 18.4 Å². The van der Waals surface area contributed by atoms with Gasteiger partial charge in [-0.15, -0.1) is 22.7 Å². The minimum atomic E-state index is -1.17. The van der Waals surface area contributed by atoms with E-state index in [1.807, 2.05) is 6.07 Å². The molecule has 0 amide bonds. The number of nitrogens with one attached hydrogen (secondary N) is 1. The normalized spacial score (nSPS) is 14.1. The number of aryl methyl sites for hydroxylation is 1. The number of pyridine rings is 1. The first kappa shape index (κ1) is 26.3. The number of likely N-dealkylation sites (tertiary alicyclic amines) is 1. The third kappa shape index (κ3) is 5.44. The van der Waals surface area contributed by atoms with Crippen LogP contribution in [0.5, 0.6) is 0 Å². The summed E-state index contributed by atoms with van der Waals surface area (Å²) >= 11 is 8.65. The molecule has 1 saturated heterocycles. The van der Waals surface area contributed by atoms with Crippen LogP contribution < -0.4 is 10.9 Å². The van der Waals surface area contributed by atoms with Crippen molar-refractivity contribution in [2.24, 2.45) is 0 Å². The zero-order valence-corrected chi connectivity index (χ0v) is 22.9. The Morgan fingerprint density at radius 1 is 1.18 bits per heavy atom. The number of halogens is 1. The number of carbonyl (C=O) groups is 2. The molecule has 1 aliphatic heterocycles. The van der Waals surface area contributed by atoms with Gasteiger partial charge in [0.1, 0.15) is 11.5 Å². The number of thiophene rings is 1. The third-order valence-electron chi connectivity index (χ3n) is 6.34. The van der Waals surface area contributed by atoms with Crippen LogP contribution >= 0.6 is 34.3 Å². The largest absolute Gasteiger partial charge is 0.478 e. The average molecular weight is 573 g/mol. The minimum absolute atomic E-state index is 0.0236. The molecule has 0 spiro atoms. The van der Waals surface area contributed by atoms with E-state index in [0.29, 0.717) is 22.3 Å². The number of rotatable bonds is 8. The van der Waals surface area contributed by atoms with E-state index >= 15 is 0 Å². The highest BCUT2D eigenvalue weighted by atomic mass is 35.5. The Morgan fingerprint density at radius 3 is 2.63 bits per heavy atom. The Morgan fingerprint density at radius 2 is 1.97 bits per heavy atom. The topological polar surface area (TPSA) is 122 Å². The van der Waals surface area contributed by atoms with E-state index < -0.39 is 11.9 Å². The molecular weight excluding hydrogens is 548 g/mol. The summed E-state index contributed by atoms with van der Waals surface area (Å²) in [4.78, 5) is 46.2. The molecule has 5 rings (SSSR count). The average Bonchev–Trinajstić information content (AvgIpc) is 3.65. The van der Waals surface area contributed by atoms with Gasteiger partial charge in [0, 0.05) is 28.6 Å². The molecule has 0 atom stereocenters. The Bertz CT molecular complexity index is 1540. The summed E-state index contributed by atoms with van der Waals surface area (Å²) in [7, 11) is 0. The van der Waals surface area contributed by atoms with E-state index in [1.165, 1.54) is 44.2 Å². The summed E-state index contributed by atoms with van der Waals surface area (Å²) in [6.07, 6.45) is 4.68. The predicted octanol–water partition coefficient (Wildman–Crippen LogP) is 4.63.